The van der Waals surface area contributed by atoms with Crippen LogP contribution >= 0.6 is 45.3 Å². The average molecular weight is 1770 g/mol. The van der Waals surface area contributed by atoms with E-state index in [1.165, 1.54) is 80.7 Å². The smallest absolute Gasteiger partial charge is 0.416 e. The molecular weight excluding hydrogens is 1650 g/mol. The fourth-order valence-corrected chi connectivity index (χ4v) is 19.2. The third-order valence-corrected chi connectivity index (χ3v) is 27.0. The van der Waals surface area contributed by atoms with E-state index in [1.807, 2.05) is 84.3 Å². The van der Waals surface area contributed by atoms with Crippen molar-refractivity contribution in [2.24, 2.45) is 0 Å². The second-order valence-corrected chi connectivity index (χ2v) is 36.4. The summed E-state index contributed by atoms with van der Waals surface area (Å²) < 4.78 is 69.9. The zero-order valence-corrected chi connectivity index (χ0v) is 73.0. The van der Waals surface area contributed by atoms with Gasteiger partial charge in [0.2, 0.25) is 23.6 Å². The lowest BCUT2D eigenvalue weighted by Gasteiger charge is -2.41. The predicted molar refractivity (Wildman–Crippen MR) is 469 cm³/mol. The summed E-state index contributed by atoms with van der Waals surface area (Å²) in [6, 6.07) is 36.0. The van der Waals surface area contributed by atoms with Crippen LogP contribution in [-0.2, 0) is 63.4 Å². The van der Waals surface area contributed by atoms with Crippen molar-refractivity contribution in [1.29, 1.82) is 0 Å². The molecule has 4 fully saturated rings. The number of carbonyl (C=O) groups excluding carboxylic acids is 4. The molecule has 7 atom stereocenters. The molecule has 4 aromatic carbocycles. The molecule has 0 bridgehead atoms. The van der Waals surface area contributed by atoms with Crippen molar-refractivity contribution in [3.05, 3.63) is 201 Å². The molecule has 20 nitrogen and oxygen atoms in total. The van der Waals surface area contributed by atoms with Gasteiger partial charge in [0.05, 0.1) is 35.1 Å². The van der Waals surface area contributed by atoms with Crippen molar-refractivity contribution in [2.45, 2.75) is 294 Å². The van der Waals surface area contributed by atoms with Crippen LogP contribution in [0, 0.1) is 0 Å². The Balaban J connectivity index is 0.000000185. The number of aryl methyl sites for hydroxylation is 4. The summed E-state index contributed by atoms with van der Waals surface area (Å²) in [7, 11) is 0. The summed E-state index contributed by atoms with van der Waals surface area (Å²) in [4.78, 5) is 108. The number of aromatic carboxylic acids is 4. The predicted octanol–water partition coefficient (Wildman–Crippen LogP) is 22.1. The number of anilines is 4. The summed E-state index contributed by atoms with van der Waals surface area (Å²) in [5.74, 6) is -6.50. The molecule has 122 heavy (non-hydrogen) atoms. The van der Waals surface area contributed by atoms with Crippen molar-refractivity contribution in [1.82, 2.24) is 4.98 Å². The highest BCUT2D eigenvalue weighted by atomic mass is 32.1. The number of carboxylic acids is 4. The Hall–Kier alpha value is -9.10. The number of hydrogen-bond acceptors (Lipinski definition) is 16. The first-order chi connectivity index (χ1) is 58.4. The van der Waals surface area contributed by atoms with E-state index in [0.717, 1.165) is 183 Å². The monoisotopic (exact) mass is 1760 g/mol. The van der Waals surface area contributed by atoms with Crippen LogP contribution < -0.4 is 19.6 Å². The van der Waals surface area contributed by atoms with E-state index in [1.54, 1.807) is 41.3 Å². The van der Waals surface area contributed by atoms with Crippen LogP contribution in [0.5, 0.6) is 0 Å². The lowest BCUT2D eigenvalue weighted by Crippen LogP contribution is -2.53. The zero-order chi connectivity index (χ0) is 88.2. The second-order valence-electron chi connectivity index (χ2n) is 31.8. The number of aromatic nitrogens is 1. The lowest BCUT2D eigenvalue weighted by atomic mass is 9.92. The molecule has 4 aromatic heterocycles. The summed E-state index contributed by atoms with van der Waals surface area (Å²) in [5.41, 5.74) is 3.58. The topological polar surface area (TPSA) is 304 Å². The Morgan fingerprint density at radius 1 is 0.418 bits per heavy atom. The molecule has 0 radical (unpaired) electrons. The van der Waals surface area contributed by atoms with E-state index >= 15 is 0 Å². The maximum absolute atomic E-state index is 14.3. The van der Waals surface area contributed by atoms with Gasteiger partial charge in [-0.2, -0.15) is 13.2 Å². The highest BCUT2D eigenvalue weighted by Crippen LogP contribution is 2.43. The van der Waals surface area contributed by atoms with Gasteiger partial charge in [0, 0.05) is 99.2 Å². The van der Waals surface area contributed by atoms with E-state index < -0.39 is 53.7 Å². The van der Waals surface area contributed by atoms with Crippen LogP contribution in [-0.4, -0.2) is 119 Å². The van der Waals surface area contributed by atoms with Crippen LogP contribution in [0.1, 0.15) is 306 Å². The zero-order valence-electron chi connectivity index (χ0n) is 69.7. The van der Waals surface area contributed by atoms with Crippen molar-refractivity contribution < 1.29 is 96.1 Å². The normalized spacial score (nSPS) is 17.0. The highest BCUT2D eigenvalue weighted by Gasteiger charge is 2.43. The van der Waals surface area contributed by atoms with Crippen molar-refractivity contribution in [3.63, 3.8) is 0 Å². The van der Waals surface area contributed by atoms with Crippen molar-refractivity contribution in [2.75, 3.05) is 19.6 Å². The Bertz CT molecular complexity index is 4720. The Morgan fingerprint density at radius 3 is 1.17 bits per heavy atom. The number of nitrogens with zero attached hydrogens (tertiary/aromatic N) is 5. The number of rotatable bonds is 45. The summed E-state index contributed by atoms with van der Waals surface area (Å²) >= 11 is 5.02. The SMILES string of the molecule is CCCCCC(F)(F)c1ccc(N2C(=O)C[C@@H]2CCCc2ccc(C(=O)O)s2)cc1.CCCCCC(O)Cc1ccc(N2C(=O)C[C@@H]2CCCc2ccc(C(=O)O)s2)cc1.CCCCCC(O)c1ccc(N2C(=O)C[C@@H]2CCCc2ccc(C(=O)O)s2)cc1C(F)(F)F.CCCCCC(O)c1ccc(N2C(=O)C[C@@H]2CCCc2ncc(C(=O)O)s2)cc1. The molecule has 8 aromatic rings. The number of unbranched alkanes of at least 4 members (excludes halogenated alkanes) is 8. The average Bonchev–Trinajstić information content (AvgIpc) is 0.932. The molecule has 7 N–H and O–H groups in total. The number of amides is 4. The van der Waals surface area contributed by atoms with Gasteiger partial charge in [-0.25, -0.2) is 32.9 Å². The molecule has 0 aliphatic carbocycles. The minimum Gasteiger partial charge on any atom is -0.477 e. The number of thiophene rings is 3. The third-order valence-electron chi connectivity index (χ3n) is 22.6. The third kappa shape index (κ3) is 28.0. The number of aliphatic hydroxyl groups excluding tert-OH is 3. The Labute approximate surface area is 726 Å². The van der Waals surface area contributed by atoms with Gasteiger partial charge in [-0.05, 0) is 211 Å². The second kappa shape index (κ2) is 47.1. The number of β-lactam (4-membered cyclic amide) rings is 4. The molecule has 8 heterocycles. The summed E-state index contributed by atoms with van der Waals surface area (Å²) in [5, 5.41) is 67.6. The van der Waals surface area contributed by atoms with Crippen molar-refractivity contribution >= 4 is 116 Å². The number of hydrogen-bond donors (Lipinski definition) is 7. The minimum atomic E-state index is -4.64. The number of benzene rings is 4. The quantitative estimate of drug-likeness (QED) is 0.0106. The molecule has 4 aliphatic heterocycles. The standard InChI is InChI=1S/C24H28F3NO4S.C24H31NO4S.C23H27F2NO3S.C22H28N2O4S/c1-2-3-4-8-20(29)18-11-9-16(13-19(18)24(25,26)27)28-15(14-22(28)30)6-5-7-17-10-12-21(33-17)23(31)32;1-2-3-4-7-20(26)15-17-9-11-18(12-10-17)25-19(16-23(25)27)6-5-8-21-13-14-22(30-21)24(28)29;1-2-3-4-14-23(24,25)16-8-10-17(11-9-16)26-18(15-21(26)27)6-5-7-19-12-13-20(30-19)22(28)29;1-2-3-4-7-18(25)15-9-11-16(12-10-15)24-17(13-21(24)26)6-5-8-20-23-14-19(29-20)22(27)28/h9-13,15,20,29H,2-8,14H2,1H3,(H,31,32);9-14,19-20,26H,2-8,15-16H2,1H3,(H,28,29);8-13,18H,2-7,14-15H2,1H3,(H,28,29);9-12,14,17-18,25H,2-8,13H2,1H3,(H,27,28)/t15-,20?;19-,20?;18-;17-,18?/m0000/s1. The molecular formula is C93H114F5N5O15S4. The number of aliphatic hydroxyl groups is 3. The first kappa shape index (κ1) is 96.7. The molecule has 29 heteroatoms. The van der Waals surface area contributed by atoms with E-state index in [2.05, 4.69) is 18.8 Å². The van der Waals surface area contributed by atoms with Gasteiger partial charge < -0.3 is 55.3 Å². The number of carboxylic acid groups (broad SMARTS) is 4. The van der Waals surface area contributed by atoms with Gasteiger partial charge in [0.25, 0.3) is 5.92 Å². The molecule has 12 rings (SSSR count). The lowest BCUT2D eigenvalue weighted by molar-refractivity contribution is -0.139. The van der Waals surface area contributed by atoms with Crippen LogP contribution in [0.25, 0.3) is 0 Å². The van der Waals surface area contributed by atoms with Crippen LogP contribution in [0.4, 0.5) is 44.7 Å². The molecule has 660 valence electrons. The van der Waals surface area contributed by atoms with E-state index in [4.69, 9.17) is 20.4 Å². The van der Waals surface area contributed by atoms with E-state index in [0.29, 0.717) is 73.2 Å². The first-order valence-corrected chi connectivity index (χ1v) is 46.0. The van der Waals surface area contributed by atoms with Gasteiger partial charge >= 0.3 is 30.1 Å². The molecule has 0 spiro atoms. The van der Waals surface area contributed by atoms with Gasteiger partial charge in [0.15, 0.2) is 0 Å². The maximum Gasteiger partial charge on any atom is 0.416 e. The minimum absolute atomic E-state index is 0.00111. The fourth-order valence-electron chi connectivity index (χ4n) is 15.7. The number of thiazole rings is 1. The largest absolute Gasteiger partial charge is 0.477 e. The van der Waals surface area contributed by atoms with E-state index in [9.17, 15) is 75.6 Å². The van der Waals surface area contributed by atoms with Crippen molar-refractivity contribution in [3.8, 4) is 0 Å². The number of carbonyl (C=O) groups is 8. The van der Waals surface area contributed by atoms with Crippen LogP contribution in [0.3, 0.4) is 0 Å². The number of halogens is 5. The summed E-state index contributed by atoms with van der Waals surface area (Å²) in [6.07, 6.45) is 19.7. The Kier molecular flexibility index (Phi) is 37.4. The maximum atomic E-state index is 14.3. The molecule has 0 saturated carbocycles. The van der Waals surface area contributed by atoms with Crippen LogP contribution in [0.15, 0.2) is 134 Å². The Morgan fingerprint density at radius 2 is 0.787 bits per heavy atom. The fraction of sp³-hybridized carbons (Fsp3) is 0.495. The molecule has 4 aliphatic rings. The number of alkyl halides is 5. The van der Waals surface area contributed by atoms with Gasteiger partial charge in [-0.1, -0.05) is 141 Å². The van der Waals surface area contributed by atoms with Gasteiger partial charge in [-0.15, -0.1) is 45.3 Å². The molecule has 4 saturated heterocycles. The first-order valence-electron chi connectivity index (χ1n) is 42.7. The van der Waals surface area contributed by atoms with Gasteiger partial charge in [0.1, 0.15) is 19.5 Å². The van der Waals surface area contributed by atoms with E-state index in [-0.39, 0.29) is 99.7 Å². The van der Waals surface area contributed by atoms with Gasteiger partial charge in [-0.3, -0.25) is 19.2 Å². The van der Waals surface area contributed by atoms with Crippen LogP contribution in [0.2, 0.25) is 0 Å². The highest BCUT2D eigenvalue weighted by molar-refractivity contribution is 7.14. The molecule has 4 amide bonds. The summed E-state index contributed by atoms with van der Waals surface area (Å²) in [6.45, 7) is 8.27. The molecule has 3 unspecified atom stereocenters.